The zero-order valence-corrected chi connectivity index (χ0v) is 27.8. The fourth-order valence-corrected chi connectivity index (χ4v) is 6.33. The molecule has 0 atom stereocenters. The molecule has 1 aliphatic heterocycles. The Bertz CT molecular complexity index is 2170. The molecule has 0 fully saturated rings. The molecule has 52 heavy (non-hydrogen) atoms. The number of rotatable bonds is 10. The van der Waals surface area contributed by atoms with Crippen LogP contribution in [0, 0.1) is 20.2 Å². The monoisotopic (exact) mass is 709 g/mol. The zero-order valence-electron chi connectivity index (χ0n) is 27.0. The van der Waals surface area contributed by atoms with Crippen molar-refractivity contribution >= 4 is 80.5 Å². The molecule has 6 aromatic carbocycles. The van der Waals surface area contributed by atoms with Crippen LogP contribution in [0.1, 0.15) is 20.7 Å². The highest BCUT2D eigenvalue weighted by Gasteiger charge is 2.20. The Labute approximate surface area is 300 Å². The fourth-order valence-electron chi connectivity index (χ4n) is 5.32. The molecule has 0 saturated heterocycles. The molecule has 7 rings (SSSR count). The second-order valence-electron chi connectivity index (χ2n) is 11.6. The van der Waals surface area contributed by atoms with E-state index in [0.717, 1.165) is 32.5 Å². The number of carbonyl (C=O) groups is 2. The van der Waals surface area contributed by atoms with E-state index in [4.69, 9.17) is 0 Å². The van der Waals surface area contributed by atoms with Gasteiger partial charge in [-0.2, -0.15) is 0 Å². The summed E-state index contributed by atoms with van der Waals surface area (Å²) < 4.78 is 0. The van der Waals surface area contributed by atoms with Crippen molar-refractivity contribution in [2.75, 3.05) is 26.6 Å². The standard InChI is InChI=1S/C38H27N7O6S/c46-37(41-29-7-3-25(4-8-29)39-27-11-15-31(16-12-27)44(48)49)23-2-20-35-34(21-23)43-33-19-1-24(22-36(33)52-35)38(47)42-30-9-5-26(6-10-30)40-28-13-17-32(18-14-28)45(50)51/h1-22,39-40,43H,(H,41,46)(H,42,47). The Morgan fingerprint density at radius 3 is 1.35 bits per heavy atom. The number of nitro groups is 2. The molecule has 1 heterocycles. The molecule has 5 N–H and O–H groups in total. The lowest BCUT2D eigenvalue weighted by Crippen LogP contribution is -2.13. The lowest BCUT2D eigenvalue weighted by atomic mass is 10.1. The highest BCUT2D eigenvalue weighted by molar-refractivity contribution is 7.99. The summed E-state index contributed by atoms with van der Waals surface area (Å²) in [6.07, 6.45) is 0. The lowest BCUT2D eigenvalue weighted by molar-refractivity contribution is -0.385. The van der Waals surface area contributed by atoms with E-state index in [9.17, 15) is 29.8 Å². The van der Waals surface area contributed by atoms with Gasteiger partial charge in [-0.25, -0.2) is 0 Å². The molecular weight excluding hydrogens is 683 g/mol. The number of hydrogen-bond acceptors (Lipinski definition) is 10. The van der Waals surface area contributed by atoms with Crippen molar-refractivity contribution in [1.29, 1.82) is 0 Å². The molecule has 1 aliphatic rings. The summed E-state index contributed by atoms with van der Waals surface area (Å²) in [5.41, 5.74) is 6.67. The minimum atomic E-state index is -0.451. The topological polar surface area (TPSA) is 181 Å². The van der Waals surface area contributed by atoms with Crippen LogP contribution in [0.15, 0.2) is 143 Å². The maximum absolute atomic E-state index is 13.1. The minimum Gasteiger partial charge on any atom is -0.356 e. The van der Waals surface area contributed by atoms with Crippen molar-refractivity contribution in [2.45, 2.75) is 9.79 Å². The van der Waals surface area contributed by atoms with Gasteiger partial charge < -0.3 is 26.6 Å². The van der Waals surface area contributed by atoms with Crippen molar-refractivity contribution < 1.29 is 19.4 Å². The number of non-ortho nitro benzene ring substituents is 2. The first-order valence-corrected chi connectivity index (χ1v) is 16.6. The Morgan fingerprint density at radius 1 is 0.481 bits per heavy atom. The Morgan fingerprint density at radius 2 is 0.885 bits per heavy atom. The summed E-state index contributed by atoms with van der Waals surface area (Å²) in [5, 5.41) is 37.3. The molecule has 6 aromatic rings. The van der Waals surface area contributed by atoms with E-state index in [2.05, 4.69) is 26.6 Å². The van der Waals surface area contributed by atoms with Crippen molar-refractivity contribution in [3.63, 3.8) is 0 Å². The second kappa shape index (κ2) is 14.3. The lowest BCUT2D eigenvalue weighted by Gasteiger charge is -2.22. The van der Waals surface area contributed by atoms with Gasteiger partial charge in [0, 0.05) is 79.3 Å². The molecule has 0 spiro atoms. The number of nitrogens with zero attached hydrogens (tertiary/aromatic N) is 2. The average Bonchev–Trinajstić information content (AvgIpc) is 3.15. The van der Waals surface area contributed by atoms with E-state index in [-0.39, 0.29) is 23.2 Å². The van der Waals surface area contributed by atoms with Crippen molar-refractivity contribution in [2.24, 2.45) is 0 Å². The van der Waals surface area contributed by atoms with E-state index in [1.165, 1.54) is 36.0 Å². The van der Waals surface area contributed by atoms with Gasteiger partial charge in [-0.1, -0.05) is 11.8 Å². The van der Waals surface area contributed by atoms with Gasteiger partial charge in [-0.15, -0.1) is 0 Å². The largest absolute Gasteiger partial charge is 0.356 e. The minimum absolute atomic E-state index is 0.0114. The quantitative estimate of drug-likeness (QED) is 0.0677. The summed E-state index contributed by atoms with van der Waals surface area (Å²) in [4.78, 5) is 48.9. The maximum atomic E-state index is 13.1. The van der Waals surface area contributed by atoms with Gasteiger partial charge in [-0.3, -0.25) is 29.8 Å². The number of nitro benzene ring substituents is 2. The third-order valence-electron chi connectivity index (χ3n) is 7.99. The summed E-state index contributed by atoms with van der Waals surface area (Å²) in [7, 11) is 0. The van der Waals surface area contributed by atoms with Crippen molar-refractivity contribution in [3.8, 4) is 0 Å². The number of anilines is 8. The first-order chi connectivity index (χ1) is 25.2. The number of fused-ring (bicyclic) bond motifs is 2. The number of benzene rings is 6. The average molecular weight is 710 g/mol. The van der Waals surface area contributed by atoms with Crippen LogP contribution in [0.2, 0.25) is 0 Å². The van der Waals surface area contributed by atoms with Gasteiger partial charge in [0.15, 0.2) is 0 Å². The summed E-state index contributed by atoms with van der Waals surface area (Å²) in [6, 6.07) is 37.2. The Hall–Kier alpha value is -7.19. The molecular formula is C38H27N7O6S. The van der Waals surface area contributed by atoms with Crippen LogP contribution in [-0.4, -0.2) is 21.7 Å². The van der Waals surface area contributed by atoms with E-state index < -0.39 is 9.85 Å². The fraction of sp³-hybridized carbons (Fsp3) is 0. The molecule has 256 valence electrons. The van der Waals surface area contributed by atoms with Gasteiger partial charge in [-0.05, 0) is 109 Å². The van der Waals surface area contributed by atoms with E-state index in [1.807, 2.05) is 18.2 Å². The Kier molecular flexibility index (Phi) is 9.19. The van der Waals surface area contributed by atoms with Crippen LogP contribution in [0.4, 0.5) is 56.9 Å². The number of hydrogen-bond donors (Lipinski definition) is 5. The van der Waals surface area contributed by atoms with Crippen molar-refractivity contribution in [3.05, 3.63) is 165 Å². The third-order valence-corrected chi connectivity index (χ3v) is 9.13. The molecule has 2 amide bonds. The van der Waals surface area contributed by atoms with Gasteiger partial charge in [0.25, 0.3) is 23.2 Å². The predicted molar refractivity (Wildman–Crippen MR) is 202 cm³/mol. The Balaban J connectivity index is 0.941. The number of amides is 2. The molecule has 13 nitrogen and oxygen atoms in total. The SMILES string of the molecule is O=C(Nc1ccc(Nc2ccc([N+](=O)[O-])cc2)cc1)c1ccc2c(c1)Nc1ccc(C(=O)Nc3ccc(Nc4ccc([N+](=O)[O-])cc4)cc3)cc1S2. The molecule has 14 heteroatoms. The number of carbonyl (C=O) groups excluding carboxylic acids is 2. The molecule has 0 aromatic heterocycles. The predicted octanol–water partition coefficient (Wildman–Crippen LogP) is 9.70. The van der Waals surface area contributed by atoms with E-state index >= 15 is 0 Å². The van der Waals surface area contributed by atoms with Crippen molar-refractivity contribution in [1.82, 2.24) is 0 Å². The van der Waals surface area contributed by atoms with E-state index in [1.54, 1.807) is 91.0 Å². The summed E-state index contributed by atoms with van der Waals surface area (Å²) in [5.74, 6) is -0.550. The molecule has 0 unspecified atom stereocenters. The molecule has 0 aliphatic carbocycles. The normalized spacial score (nSPS) is 11.2. The van der Waals surface area contributed by atoms with Crippen LogP contribution >= 0.6 is 11.8 Å². The first kappa shape index (κ1) is 33.3. The maximum Gasteiger partial charge on any atom is 0.269 e. The zero-order chi connectivity index (χ0) is 36.2. The van der Waals surface area contributed by atoms with Crippen LogP contribution in [-0.2, 0) is 0 Å². The molecule has 0 radical (unpaired) electrons. The smallest absolute Gasteiger partial charge is 0.269 e. The van der Waals surface area contributed by atoms with Gasteiger partial charge in [0.1, 0.15) is 0 Å². The highest BCUT2D eigenvalue weighted by atomic mass is 32.2. The third kappa shape index (κ3) is 7.66. The van der Waals surface area contributed by atoms with Crippen LogP contribution in [0.25, 0.3) is 0 Å². The van der Waals surface area contributed by atoms with Gasteiger partial charge in [0.05, 0.1) is 21.2 Å². The molecule has 0 bridgehead atoms. The summed E-state index contributed by atoms with van der Waals surface area (Å²) >= 11 is 1.49. The second-order valence-corrected chi connectivity index (χ2v) is 12.7. The number of nitrogens with one attached hydrogen (secondary N) is 5. The van der Waals surface area contributed by atoms with Crippen LogP contribution in [0.5, 0.6) is 0 Å². The van der Waals surface area contributed by atoms with Gasteiger partial charge in [0.2, 0.25) is 0 Å². The highest BCUT2D eigenvalue weighted by Crippen LogP contribution is 2.45. The first-order valence-electron chi connectivity index (χ1n) is 15.8. The van der Waals surface area contributed by atoms with E-state index in [0.29, 0.717) is 33.9 Å². The van der Waals surface area contributed by atoms with Crippen LogP contribution < -0.4 is 26.6 Å². The summed E-state index contributed by atoms with van der Waals surface area (Å²) in [6.45, 7) is 0. The van der Waals surface area contributed by atoms with Gasteiger partial charge >= 0.3 is 0 Å². The molecule has 0 saturated carbocycles. The van der Waals surface area contributed by atoms with Crippen LogP contribution in [0.3, 0.4) is 0 Å².